The second-order valence-corrected chi connectivity index (χ2v) is 12.8. The van der Waals surface area contributed by atoms with Gasteiger partial charge in [0.2, 0.25) is 0 Å². The Hall–Kier alpha value is -1.05. The van der Waals surface area contributed by atoms with E-state index in [9.17, 15) is 4.79 Å². The molecule has 4 aliphatic carbocycles. The van der Waals surface area contributed by atoms with Crippen molar-refractivity contribution in [2.75, 3.05) is 0 Å². The smallest absolute Gasteiger partial charge is 0.302 e. The molecule has 0 heterocycles. The quantitative estimate of drug-likeness (QED) is 0.308. The minimum Gasteiger partial charge on any atom is -0.462 e. The first-order valence-corrected chi connectivity index (χ1v) is 13.6. The van der Waals surface area contributed by atoms with Crippen molar-refractivity contribution in [2.45, 2.75) is 112 Å². The lowest BCUT2D eigenvalue weighted by atomic mass is 9.51. The average molecular weight is 441 g/mol. The van der Waals surface area contributed by atoms with Gasteiger partial charge in [0.05, 0.1) is 0 Å². The Labute approximate surface area is 197 Å². The van der Waals surface area contributed by atoms with Crippen molar-refractivity contribution in [3.05, 3.63) is 23.3 Å². The van der Waals surface area contributed by atoms with Crippen LogP contribution in [-0.4, -0.2) is 12.1 Å². The second kappa shape index (κ2) is 8.95. The lowest BCUT2D eigenvalue weighted by Gasteiger charge is -2.54. The molecule has 2 saturated carbocycles. The monoisotopic (exact) mass is 440 g/mol. The molecule has 0 aliphatic heterocycles. The van der Waals surface area contributed by atoms with E-state index in [0.717, 1.165) is 54.8 Å². The Bertz CT molecular complexity index is 776. The molecule has 2 fully saturated rings. The number of fused-ring (bicyclic) bond motifs is 5. The van der Waals surface area contributed by atoms with Crippen molar-refractivity contribution in [1.82, 2.24) is 0 Å². The highest BCUT2D eigenvalue weighted by Gasteiger charge is 2.56. The van der Waals surface area contributed by atoms with Gasteiger partial charge in [0.1, 0.15) is 6.10 Å². The van der Waals surface area contributed by atoms with Gasteiger partial charge in [-0.05, 0) is 79.4 Å². The summed E-state index contributed by atoms with van der Waals surface area (Å²) in [5.74, 6) is 4.80. The highest BCUT2D eigenvalue weighted by molar-refractivity contribution is 5.66. The number of carbonyl (C=O) groups excluding carboxylic acids is 1. The molecular weight excluding hydrogens is 392 g/mol. The van der Waals surface area contributed by atoms with Gasteiger partial charge >= 0.3 is 5.97 Å². The van der Waals surface area contributed by atoms with Gasteiger partial charge < -0.3 is 4.74 Å². The topological polar surface area (TPSA) is 26.3 Å². The first-order valence-electron chi connectivity index (χ1n) is 13.6. The molecule has 0 aromatic heterocycles. The van der Waals surface area contributed by atoms with Gasteiger partial charge in [0.25, 0.3) is 0 Å². The summed E-state index contributed by atoms with van der Waals surface area (Å²) in [4.78, 5) is 11.5. The van der Waals surface area contributed by atoms with Crippen LogP contribution >= 0.6 is 0 Å². The molecule has 4 aliphatic rings. The number of hydrogen-bond donors (Lipinski definition) is 0. The van der Waals surface area contributed by atoms with Crippen LogP contribution in [0, 0.1) is 46.3 Å². The van der Waals surface area contributed by atoms with E-state index < -0.39 is 0 Å². The molecule has 0 amide bonds. The van der Waals surface area contributed by atoms with E-state index in [0.29, 0.717) is 5.41 Å². The number of allylic oxidation sites excluding steroid dienone is 3. The van der Waals surface area contributed by atoms with Gasteiger partial charge in [0, 0.05) is 18.8 Å². The van der Waals surface area contributed by atoms with Gasteiger partial charge in [0.15, 0.2) is 0 Å². The molecule has 0 N–H and O–H groups in total. The number of hydrogen-bond acceptors (Lipinski definition) is 2. The molecule has 32 heavy (non-hydrogen) atoms. The molecule has 2 heteroatoms. The average Bonchev–Trinajstić information content (AvgIpc) is 3.08. The van der Waals surface area contributed by atoms with Crippen LogP contribution in [0.2, 0.25) is 0 Å². The third-order valence-corrected chi connectivity index (χ3v) is 10.7. The molecule has 0 bridgehead atoms. The fourth-order valence-electron chi connectivity index (χ4n) is 8.30. The fraction of sp³-hybridized carbons (Fsp3) is 0.833. The van der Waals surface area contributed by atoms with Crippen LogP contribution in [0.25, 0.3) is 0 Å². The molecule has 0 radical (unpaired) electrons. The van der Waals surface area contributed by atoms with Crippen LogP contribution in [0.4, 0.5) is 0 Å². The minimum absolute atomic E-state index is 0.0859. The summed E-state index contributed by atoms with van der Waals surface area (Å²) in [6.07, 6.45) is 16.5. The molecule has 0 aromatic carbocycles. The van der Waals surface area contributed by atoms with E-state index >= 15 is 0 Å². The van der Waals surface area contributed by atoms with Crippen LogP contribution in [-0.2, 0) is 9.53 Å². The zero-order chi connectivity index (χ0) is 23.3. The fourth-order valence-corrected chi connectivity index (χ4v) is 8.30. The molecule has 4 rings (SSSR count). The summed E-state index contributed by atoms with van der Waals surface area (Å²) in [7, 11) is 0. The summed E-state index contributed by atoms with van der Waals surface area (Å²) in [6, 6.07) is 0. The first kappa shape index (κ1) is 24.1. The van der Waals surface area contributed by atoms with E-state index in [4.69, 9.17) is 4.74 Å². The number of esters is 1. The molecule has 0 saturated heterocycles. The Morgan fingerprint density at radius 2 is 1.84 bits per heavy atom. The standard InChI is InChI=1S/C30H48O2/c1-19(2)20(3)8-9-21(4)26-12-13-27-25-11-10-23-18-24(32-22(5)31)14-16-29(23,6)28(25)15-17-30(26,27)7/h10,15,19-21,24-27H,8-9,11-14,16-18H2,1-7H3/t20-,21+,24?,25-,26+,27-,29-,30+/m0/s1. The molecule has 0 aromatic rings. The van der Waals surface area contributed by atoms with Gasteiger partial charge in [-0.1, -0.05) is 77.7 Å². The van der Waals surface area contributed by atoms with E-state index in [2.05, 4.69) is 53.7 Å². The number of rotatable bonds is 6. The second-order valence-electron chi connectivity index (χ2n) is 12.8. The lowest BCUT2D eigenvalue weighted by molar-refractivity contribution is -0.147. The van der Waals surface area contributed by atoms with E-state index in [1.165, 1.54) is 38.5 Å². The van der Waals surface area contributed by atoms with Gasteiger partial charge in [-0.2, -0.15) is 0 Å². The SMILES string of the molecule is CC(=O)OC1CC[C@@]2(C)C(=CC[C@@H]3C2=CC[C@]2(C)[C@@H]([C@H](C)CC[C@H](C)C(C)C)CC[C@@H]32)C1. The predicted molar refractivity (Wildman–Crippen MR) is 133 cm³/mol. The summed E-state index contributed by atoms with van der Waals surface area (Å²) in [5, 5.41) is 0. The Morgan fingerprint density at radius 1 is 1.09 bits per heavy atom. The van der Waals surface area contributed by atoms with Crippen molar-refractivity contribution in [3.8, 4) is 0 Å². The van der Waals surface area contributed by atoms with Crippen molar-refractivity contribution in [1.29, 1.82) is 0 Å². The van der Waals surface area contributed by atoms with Crippen molar-refractivity contribution >= 4 is 5.97 Å². The summed E-state index contributed by atoms with van der Waals surface area (Å²) in [5.41, 5.74) is 3.98. The van der Waals surface area contributed by atoms with Crippen molar-refractivity contribution in [2.24, 2.45) is 46.3 Å². The molecule has 1 unspecified atom stereocenters. The maximum Gasteiger partial charge on any atom is 0.302 e. The van der Waals surface area contributed by atoms with Crippen LogP contribution < -0.4 is 0 Å². The number of ether oxygens (including phenoxy) is 1. The van der Waals surface area contributed by atoms with E-state index in [-0.39, 0.29) is 17.5 Å². The molecule has 0 spiro atoms. The van der Waals surface area contributed by atoms with Gasteiger partial charge in [-0.25, -0.2) is 0 Å². The highest BCUT2D eigenvalue weighted by Crippen LogP contribution is 2.65. The van der Waals surface area contributed by atoms with Crippen LogP contribution in [0.1, 0.15) is 106 Å². The lowest BCUT2D eigenvalue weighted by Crippen LogP contribution is -2.45. The maximum atomic E-state index is 11.5. The zero-order valence-electron chi connectivity index (χ0n) is 21.9. The zero-order valence-corrected chi connectivity index (χ0v) is 21.9. The normalized spacial score (nSPS) is 40.5. The first-order chi connectivity index (χ1) is 15.1. The maximum absolute atomic E-state index is 11.5. The third-order valence-electron chi connectivity index (χ3n) is 10.7. The molecule has 8 atom stereocenters. The Balaban J connectivity index is 1.49. The Kier molecular flexibility index (Phi) is 6.74. The predicted octanol–water partition coefficient (Wildman–Crippen LogP) is 8.13. The van der Waals surface area contributed by atoms with Gasteiger partial charge in [-0.3, -0.25) is 4.79 Å². The van der Waals surface area contributed by atoms with Crippen LogP contribution in [0.3, 0.4) is 0 Å². The summed E-state index contributed by atoms with van der Waals surface area (Å²) in [6.45, 7) is 16.4. The molecule has 180 valence electrons. The van der Waals surface area contributed by atoms with E-state index in [1.54, 1.807) is 18.1 Å². The van der Waals surface area contributed by atoms with E-state index in [1.807, 2.05) is 0 Å². The Morgan fingerprint density at radius 3 is 2.53 bits per heavy atom. The molecule has 2 nitrogen and oxygen atoms in total. The summed E-state index contributed by atoms with van der Waals surface area (Å²) < 4.78 is 5.60. The largest absolute Gasteiger partial charge is 0.462 e. The number of carbonyl (C=O) groups is 1. The van der Waals surface area contributed by atoms with Crippen molar-refractivity contribution in [3.63, 3.8) is 0 Å². The summed E-state index contributed by atoms with van der Waals surface area (Å²) >= 11 is 0. The van der Waals surface area contributed by atoms with Gasteiger partial charge in [-0.15, -0.1) is 0 Å². The van der Waals surface area contributed by atoms with Crippen LogP contribution in [0.15, 0.2) is 23.3 Å². The van der Waals surface area contributed by atoms with Crippen molar-refractivity contribution < 1.29 is 9.53 Å². The highest BCUT2D eigenvalue weighted by atomic mass is 16.5. The van der Waals surface area contributed by atoms with Crippen LogP contribution in [0.5, 0.6) is 0 Å². The third kappa shape index (κ3) is 4.14. The minimum atomic E-state index is -0.130. The molecular formula is C30H48O2.